The fraction of sp³-hybridized carbons (Fsp3) is 0. The van der Waals surface area contributed by atoms with Gasteiger partial charge in [-0.05, 0) is 12.1 Å². The summed E-state index contributed by atoms with van der Waals surface area (Å²) in [5.74, 6) is -1.26. The average molecular weight is 175 g/mol. The number of nitrogens with zero attached hydrogens (tertiary/aromatic N) is 3. The Hall–Kier alpha value is -2.22. The highest BCUT2D eigenvalue weighted by Gasteiger charge is 2.05. The van der Waals surface area contributed by atoms with E-state index in [1.807, 2.05) is 0 Å². The second-order valence-electron chi connectivity index (χ2n) is 2.11. The Morgan fingerprint density at radius 2 is 2.46 bits per heavy atom. The number of rotatable bonds is 2. The molecule has 5 nitrogen and oxygen atoms in total. The third kappa shape index (κ3) is 2.38. The fourth-order valence-corrected chi connectivity index (χ4v) is 0.676. The number of carboxylic acids is 1. The van der Waals surface area contributed by atoms with Crippen molar-refractivity contribution in [1.29, 1.82) is 5.26 Å². The molecule has 5 heteroatoms. The van der Waals surface area contributed by atoms with E-state index in [4.69, 9.17) is 10.4 Å². The van der Waals surface area contributed by atoms with Gasteiger partial charge in [0, 0.05) is 6.20 Å². The maximum atomic E-state index is 10.4. The predicted octanol–water partition coefficient (Wildman–Crippen LogP) is 0.468. The molecule has 0 fully saturated rings. The van der Waals surface area contributed by atoms with E-state index >= 15 is 0 Å². The molecule has 0 saturated heterocycles. The van der Waals surface area contributed by atoms with Gasteiger partial charge in [0.15, 0.2) is 0 Å². The summed E-state index contributed by atoms with van der Waals surface area (Å²) in [6.07, 6.45) is 3.93. The zero-order chi connectivity index (χ0) is 9.68. The van der Waals surface area contributed by atoms with Crippen LogP contribution in [0.5, 0.6) is 0 Å². The Kier molecular flexibility index (Phi) is 2.71. The van der Waals surface area contributed by atoms with Crippen molar-refractivity contribution in [2.75, 3.05) is 0 Å². The summed E-state index contributed by atoms with van der Waals surface area (Å²) in [6, 6.07) is 3.07. The van der Waals surface area contributed by atoms with Crippen LogP contribution in [0.3, 0.4) is 0 Å². The van der Waals surface area contributed by atoms with Crippen LogP contribution < -0.4 is 0 Å². The first-order valence-corrected chi connectivity index (χ1v) is 3.35. The van der Waals surface area contributed by atoms with Gasteiger partial charge < -0.3 is 5.11 Å². The molecule has 0 saturated carbocycles. The van der Waals surface area contributed by atoms with Gasteiger partial charge in [0.05, 0.1) is 5.69 Å². The molecule has 0 unspecified atom stereocenters. The predicted molar refractivity (Wildman–Crippen MR) is 43.3 cm³/mol. The minimum atomic E-state index is -1.26. The molecule has 0 aromatic carbocycles. The first kappa shape index (κ1) is 8.87. The quantitative estimate of drug-likeness (QED) is 0.521. The molecule has 0 radical (unpaired) electrons. The smallest absolute Gasteiger partial charge is 0.346 e. The standard InChI is InChI=1S/C8H5N3O2/c9-4-6(8(12)13)3-7-1-2-10-5-11-7/h1-3,5H,(H,12,13)/b6-3-. The van der Waals surface area contributed by atoms with Crippen LogP contribution in [-0.2, 0) is 4.79 Å². The zero-order valence-electron chi connectivity index (χ0n) is 6.51. The first-order valence-electron chi connectivity index (χ1n) is 3.35. The number of aromatic nitrogens is 2. The Bertz CT molecular complexity index is 378. The molecule has 0 bridgehead atoms. The lowest BCUT2D eigenvalue weighted by Gasteiger charge is -1.90. The lowest BCUT2D eigenvalue weighted by molar-refractivity contribution is -0.132. The van der Waals surface area contributed by atoms with E-state index in [-0.39, 0.29) is 5.57 Å². The van der Waals surface area contributed by atoms with Crippen LogP contribution in [0, 0.1) is 11.3 Å². The van der Waals surface area contributed by atoms with E-state index in [9.17, 15) is 4.79 Å². The SMILES string of the molecule is N#C/C(=C/c1ccncn1)C(=O)O. The lowest BCUT2D eigenvalue weighted by atomic mass is 10.2. The van der Waals surface area contributed by atoms with Gasteiger partial charge in [-0.25, -0.2) is 14.8 Å². The number of nitriles is 1. The van der Waals surface area contributed by atoms with Crippen molar-refractivity contribution in [2.24, 2.45) is 0 Å². The van der Waals surface area contributed by atoms with Gasteiger partial charge in [0.2, 0.25) is 0 Å². The van der Waals surface area contributed by atoms with Crippen LogP contribution in [0.15, 0.2) is 24.2 Å². The third-order valence-electron chi connectivity index (χ3n) is 1.25. The highest BCUT2D eigenvalue weighted by molar-refractivity contribution is 5.96. The summed E-state index contributed by atoms with van der Waals surface area (Å²) in [5, 5.41) is 16.9. The Labute approximate surface area is 74.0 Å². The minimum Gasteiger partial charge on any atom is -0.477 e. The second-order valence-corrected chi connectivity index (χ2v) is 2.11. The molecular formula is C8H5N3O2. The zero-order valence-corrected chi connectivity index (χ0v) is 6.51. The number of hydrogen-bond acceptors (Lipinski definition) is 4. The summed E-state index contributed by atoms with van der Waals surface area (Å²) in [6.45, 7) is 0. The molecule has 0 atom stereocenters. The molecule has 1 N–H and O–H groups in total. The fourth-order valence-electron chi connectivity index (χ4n) is 0.676. The van der Waals surface area contributed by atoms with Crippen molar-refractivity contribution < 1.29 is 9.90 Å². The largest absolute Gasteiger partial charge is 0.477 e. The maximum absolute atomic E-state index is 10.4. The van der Waals surface area contributed by atoms with Crippen LogP contribution in [0.25, 0.3) is 6.08 Å². The van der Waals surface area contributed by atoms with E-state index in [0.717, 1.165) is 0 Å². The van der Waals surface area contributed by atoms with Gasteiger partial charge in [0.25, 0.3) is 0 Å². The number of carboxylic acid groups (broad SMARTS) is 1. The van der Waals surface area contributed by atoms with E-state index in [0.29, 0.717) is 5.69 Å². The highest BCUT2D eigenvalue weighted by atomic mass is 16.4. The Morgan fingerprint density at radius 1 is 1.69 bits per heavy atom. The maximum Gasteiger partial charge on any atom is 0.346 e. The van der Waals surface area contributed by atoms with Crippen LogP contribution in [0.4, 0.5) is 0 Å². The molecule has 1 rings (SSSR count). The summed E-state index contributed by atoms with van der Waals surface area (Å²) in [4.78, 5) is 17.8. The van der Waals surface area contributed by atoms with Crippen LogP contribution in [0.2, 0.25) is 0 Å². The monoisotopic (exact) mass is 175 g/mol. The normalized spacial score (nSPS) is 10.5. The Morgan fingerprint density at radius 3 is 2.92 bits per heavy atom. The van der Waals surface area contributed by atoms with Gasteiger partial charge >= 0.3 is 5.97 Å². The minimum absolute atomic E-state index is 0.348. The first-order chi connectivity index (χ1) is 6.24. The van der Waals surface area contributed by atoms with Gasteiger partial charge in [-0.15, -0.1) is 0 Å². The van der Waals surface area contributed by atoms with E-state index in [1.54, 1.807) is 6.07 Å². The molecule has 1 aromatic heterocycles. The van der Waals surface area contributed by atoms with Gasteiger partial charge in [-0.2, -0.15) is 5.26 Å². The van der Waals surface area contributed by atoms with E-state index < -0.39 is 5.97 Å². The molecule has 13 heavy (non-hydrogen) atoms. The lowest BCUT2D eigenvalue weighted by Crippen LogP contribution is -1.97. The number of aliphatic carboxylic acids is 1. The third-order valence-corrected chi connectivity index (χ3v) is 1.25. The molecule has 64 valence electrons. The summed E-state index contributed by atoms with van der Waals surface area (Å²) < 4.78 is 0. The number of hydrogen-bond donors (Lipinski definition) is 1. The molecule has 1 aromatic rings. The van der Waals surface area contributed by atoms with Gasteiger partial charge in [0.1, 0.15) is 18.0 Å². The van der Waals surface area contributed by atoms with Crippen molar-refractivity contribution in [3.63, 3.8) is 0 Å². The number of carbonyl (C=O) groups is 1. The van der Waals surface area contributed by atoms with Crippen molar-refractivity contribution in [3.8, 4) is 6.07 Å². The summed E-state index contributed by atoms with van der Waals surface area (Å²) >= 11 is 0. The Balaban J connectivity index is 3.01. The highest BCUT2D eigenvalue weighted by Crippen LogP contribution is 2.01. The average Bonchev–Trinajstić information content (AvgIpc) is 2.15. The molecular weight excluding hydrogens is 170 g/mol. The summed E-state index contributed by atoms with van der Waals surface area (Å²) in [7, 11) is 0. The summed E-state index contributed by atoms with van der Waals surface area (Å²) in [5.41, 5.74) is 0.0488. The van der Waals surface area contributed by atoms with Gasteiger partial charge in [-0.3, -0.25) is 0 Å². The molecule has 0 aliphatic rings. The molecule has 1 heterocycles. The topological polar surface area (TPSA) is 86.9 Å². The van der Waals surface area contributed by atoms with Crippen LogP contribution >= 0.6 is 0 Å². The molecule has 0 spiro atoms. The van der Waals surface area contributed by atoms with Crippen molar-refractivity contribution in [3.05, 3.63) is 29.9 Å². The second kappa shape index (κ2) is 3.97. The molecule has 0 aliphatic heterocycles. The molecule has 0 amide bonds. The van der Waals surface area contributed by atoms with E-state index in [2.05, 4.69) is 9.97 Å². The van der Waals surface area contributed by atoms with Crippen molar-refractivity contribution in [2.45, 2.75) is 0 Å². The van der Waals surface area contributed by atoms with Gasteiger partial charge in [-0.1, -0.05) is 0 Å². The van der Waals surface area contributed by atoms with E-state index in [1.165, 1.54) is 24.7 Å². The van der Waals surface area contributed by atoms with Crippen molar-refractivity contribution >= 4 is 12.0 Å². The molecule has 0 aliphatic carbocycles. The van der Waals surface area contributed by atoms with Crippen LogP contribution in [-0.4, -0.2) is 21.0 Å². The van der Waals surface area contributed by atoms with Crippen molar-refractivity contribution in [1.82, 2.24) is 9.97 Å². The van der Waals surface area contributed by atoms with Crippen LogP contribution in [0.1, 0.15) is 5.69 Å².